The van der Waals surface area contributed by atoms with Gasteiger partial charge in [-0.05, 0) is 68.1 Å². The minimum atomic E-state index is -2.96. The number of benzene rings is 2. The van der Waals surface area contributed by atoms with Crippen LogP contribution in [0.5, 0.6) is 0 Å². The lowest BCUT2D eigenvalue weighted by atomic mass is 9.90. The lowest BCUT2D eigenvalue weighted by Gasteiger charge is -2.31. The van der Waals surface area contributed by atoms with Crippen molar-refractivity contribution < 1.29 is 17.5 Å². The summed E-state index contributed by atoms with van der Waals surface area (Å²) >= 11 is 0. The van der Waals surface area contributed by atoms with Crippen molar-refractivity contribution >= 4 is 28.3 Å². The first-order chi connectivity index (χ1) is 14.0. The van der Waals surface area contributed by atoms with Crippen LogP contribution in [0.4, 0.5) is 11.4 Å². The van der Waals surface area contributed by atoms with Crippen LogP contribution in [0.25, 0.3) is 0 Å². The third-order valence-corrected chi connectivity index (χ3v) is 5.52. The van der Waals surface area contributed by atoms with Crippen LogP contribution in [0.2, 0.25) is 0 Å². The number of thiol groups is 1. The number of rotatable bonds is 8. The minimum Gasteiger partial charge on any atom is -0.325 e. The number of hydrogen-bond acceptors (Lipinski definition) is 6. The van der Waals surface area contributed by atoms with Gasteiger partial charge in [0.15, 0.2) is 0 Å². The zero-order chi connectivity index (χ0) is 20.6. The first-order valence-electron chi connectivity index (χ1n) is 9.72. The van der Waals surface area contributed by atoms with Crippen LogP contribution in [-0.4, -0.2) is 45.9 Å². The summed E-state index contributed by atoms with van der Waals surface area (Å²) in [6.45, 7) is 2.23. The smallest absolute Gasteiger partial charge is 0.277 e. The van der Waals surface area contributed by atoms with Crippen LogP contribution >= 0.6 is 0 Å². The topological polar surface area (TPSA) is 79.0 Å². The molecule has 1 fully saturated rings. The average Bonchev–Trinajstić information content (AvgIpc) is 2.70. The van der Waals surface area contributed by atoms with Crippen LogP contribution < -0.4 is 10.4 Å². The van der Waals surface area contributed by atoms with E-state index < -0.39 is 11.0 Å². The van der Waals surface area contributed by atoms with E-state index in [0.29, 0.717) is 23.8 Å². The Bertz CT molecular complexity index is 855. The molecule has 1 heterocycles. The van der Waals surface area contributed by atoms with Gasteiger partial charge in [-0.2, -0.15) is 4.28 Å². The van der Waals surface area contributed by atoms with Gasteiger partial charge in [0.25, 0.3) is 11.0 Å². The van der Waals surface area contributed by atoms with E-state index in [2.05, 4.69) is 38.8 Å². The highest BCUT2D eigenvalue weighted by Crippen LogP contribution is 2.22. The molecule has 1 saturated heterocycles. The molecular formula is C21H27N3O4S. The number of hydrogen-bond donors (Lipinski definition) is 2. The molecule has 7 nitrogen and oxygen atoms in total. The summed E-state index contributed by atoms with van der Waals surface area (Å²) in [7, 11) is -1.46. The molecule has 0 radical (unpaired) electrons. The van der Waals surface area contributed by atoms with Gasteiger partial charge in [0, 0.05) is 12.7 Å². The fourth-order valence-electron chi connectivity index (χ4n) is 3.60. The highest BCUT2D eigenvalue weighted by molar-refractivity contribution is 7.67. The van der Waals surface area contributed by atoms with E-state index >= 15 is 0 Å². The minimum absolute atomic E-state index is 0.0495. The molecule has 1 amide bonds. The van der Waals surface area contributed by atoms with Gasteiger partial charge in [-0.1, -0.05) is 30.3 Å². The maximum Gasteiger partial charge on any atom is 0.277 e. The van der Waals surface area contributed by atoms with Crippen molar-refractivity contribution in [3.05, 3.63) is 60.2 Å². The van der Waals surface area contributed by atoms with Crippen LogP contribution in [0.1, 0.15) is 18.4 Å². The molecule has 2 aromatic carbocycles. The first-order valence-corrected chi connectivity index (χ1v) is 10.8. The number of likely N-dealkylation sites (tertiary alicyclic amines) is 1. The third kappa shape index (κ3) is 6.85. The maximum absolute atomic E-state index is 12.3. The van der Waals surface area contributed by atoms with Crippen LogP contribution in [0.3, 0.4) is 0 Å². The number of piperidine rings is 1. The molecule has 1 aliphatic heterocycles. The molecule has 0 aliphatic carbocycles. The Morgan fingerprint density at radius 2 is 1.76 bits per heavy atom. The molecule has 29 heavy (non-hydrogen) atoms. The summed E-state index contributed by atoms with van der Waals surface area (Å²) in [5.74, 6) is 0.624. The van der Waals surface area contributed by atoms with Crippen molar-refractivity contribution in [1.82, 2.24) is 4.90 Å². The third-order valence-electron chi connectivity index (χ3n) is 5.15. The highest BCUT2D eigenvalue weighted by atomic mass is 32.2. The average molecular weight is 418 g/mol. The molecule has 0 aromatic heterocycles. The van der Waals surface area contributed by atoms with E-state index in [1.807, 2.05) is 6.07 Å². The SMILES string of the molecule is CN(O[SH](=O)=O)c1ccc(NC(=O)CN2CCC(Cc3ccccc3)CC2)cc1. The number of carbonyl (C=O) groups is 1. The van der Waals surface area contributed by atoms with E-state index in [0.717, 1.165) is 37.4 Å². The zero-order valence-corrected chi connectivity index (χ0v) is 17.4. The van der Waals surface area contributed by atoms with E-state index in [9.17, 15) is 13.2 Å². The monoisotopic (exact) mass is 417 g/mol. The normalized spacial score (nSPS) is 15.4. The van der Waals surface area contributed by atoms with E-state index in [1.165, 1.54) is 12.6 Å². The fraction of sp³-hybridized carbons (Fsp3) is 0.381. The summed E-state index contributed by atoms with van der Waals surface area (Å²) in [5.41, 5.74) is 2.62. The number of nitrogens with one attached hydrogen (secondary N) is 1. The summed E-state index contributed by atoms with van der Waals surface area (Å²) < 4.78 is 25.8. The summed E-state index contributed by atoms with van der Waals surface area (Å²) in [5, 5.41) is 4.04. The first kappa shape index (κ1) is 21.3. The van der Waals surface area contributed by atoms with E-state index in [4.69, 9.17) is 0 Å². The molecule has 0 bridgehead atoms. The number of carbonyl (C=O) groups excluding carboxylic acids is 1. The standard InChI is InChI=1S/C21H27N3O4S/c1-23(28-29(26)27)20-9-7-19(8-10-20)22-21(25)16-24-13-11-18(12-14-24)15-17-5-3-2-4-6-17/h2-10,18,29H,11-16H2,1H3,(H,22,25). The van der Waals surface area contributed by atoms with Gasteiger partial charge in [0.05, 0.1) is 12.2 Å². The van der Waals surface area contributed by atoms with Gasteiger partial charge in [-0.25, -0.2) is 13.5 Å². The van der Waals surface area contributed by atoms with Gasteiger partial charge in [-0.3, -0.25) is 9.69 Å². The van der Waals surface area contributed by atoms with Crippen molar-refractivity contribution in [1.29, 1.82) is 0 Å². The Morgan fingerprint density at radius 3 is 2.38 bits per heavy atom. The van der Waals surface area contributed by atoms with E-state index in [1.54, 1.807) is 24.3 Å². The number of amides is 1. The Balaban J connectivity index is 1.42. The quantitative estimate of drug-likeness (QED) is 0.508. The van der Waals surface area contributed by atoms with Crippen molar-refractivity contribution in [3.8, 4) is 0 Å². The van der Waals surface area contributed by atoms with Crippen LogP contribution in [0, 0.1) is 5.92 Å². The molecule has 8 heteroatoms. The maximum atomic E-state index is 12.3. The van der Waals surface area contributed by atoms with Crippen molar-refractivity contribution in [2.75, 3.05) is 37.1 Å². The molecular weight excluding hydrogens is 390 g/mol. The Morgan fingerprint density at radius 1 is 1.10 bits per heavy atom. The lowest BCUT2D eigenvalue weighted by Crippen LogP contribution is -2.39. The molecule has 1 aliphatic rings. The predicted octanol–water partition coefficient (Wildman–Crippen LogP) is 2.47. The lowest BCUT2D eigenvalue weighted by molar-refractivity contribution is -0.117. The number of anilines is 2. The van der Waals surface area contributed by atoms with Crippen molar-refractivity contribution in [2.24, 2.45) is 5.92 Å². The fourth-order valence-corrected chi connectivity index (χ4v) is 3.90. The largest absolute Gasteiger partial charge is 0.325 e. The van der Waals surface area contributed by atoms with Gasteiger partial charge in [0.2, 0.25) is 5.91 Å². The van der Waals surface area contributed by atoms with Crippen LogP contribution in [0.15, 0.2) is 54.6 Å². The molecule has 1 N–H and O–H groups in total. The second kappa shape index (κ2) is 10.4. The summed E-state index contributed by atoms with van der Waals surface area (Å²) in [4.78, 5) is 14.5. The predicted molar refractivity (Wildman–Crippen MR) is 114 cm³/mol. The van der Waals surface area contributed by atoms with Gasteiger partial charge >= 0.3 is 0 Å². The molecule has 2 aromatic rings. The Labute approximate surface area is 173 Å². The van der Waals surface area contributed by atoms with Gasteiger partial charge in [-0.15, -0.1) is 0 Å². The van der Waals surface area contributed by atoms with Crippen LogP contribution in [-0.2, 0) is 26.5 Å². The molecule has 3 rings (SSSR count). The molecule has 0 unspecified atom stereocenters. The van der Waals surface area contributed by atoms with E-state index in [-0.39, 0.29) is 5.91 Å². The van der Waals surface area contributed by atoms with Crippen molar-refractivity contribution in [3.63, 3.8) is 0 Å². The molecule has 0 saturated carbocycles. The number of hydroxylamine groups is 1. The second-order valence-corrected chi connectivity index (χ2v) is 7.92. The highest BCUT2D eigenvalue weighted by Gasteiger charge is 2.21. The molecule has 156 valence electrons. The summed E-state index contributed by atoms with van der Waals surface area (Å²) in [6, 6.07) is 17.4. The Hall–Kier alpha value is -2.42. The summed E-state index contributed by atoms with van der Waals surface area (Å²) in [6.07, 6.45) is 3.31. The Kier molecular flexibility index (Phi) is 7.62. The van der Waals surface area contributed by atoms with Gasteiger partial charge < -0.3 is 5.32 Å². The molecule has 0 atom stereocenters. The number of nitrogens with zero attached hydrogens (tertiary/aromatic N) is 2. The molecule has 0 spiro atoms. The zero-order valence-electron chi connectivity index (χ0n) is 16.5. The second-order valence-electron chi connectivity index (χ2n) is 7.31. The van der Waals surface area contributed by atoms with Crippen molar-refractivity contribution in [2.45, 2.75) is 19.3 Å². The van der Waals surface area contributed by atoms with Gasteiger partial charge in [0.1, 0.15) is 0 Å².